The van der Waals surface area contributed by atoms with Gasteiger partial charge < -0.3 is 10.2 Å². The molecule has 1 saturated heterocycles. The first-order chi connectivity index (χ1) is 9.60. The summed E-state index contributed by atoms with van der Waals surface area (Å²) in [6.07, 6.45) is 1.67. The van der Waals surface area contributed by atoms with Gasteiger partial charge >= 0.3 is 0 Å². The second-order valence-corrected chi connectivity index (χ2v) is 5.73. The van der Waals surface area contributed by atoms with Gasteiger partial charge in [-0.05, 0) is 50.0 Å². The van der Waals surface area contributed by atoms with Crippen LogP contribution >= 0.6 is 12.4 Å². The van der Waals surface area contributed by atoms with Crippen LogP contribution in [0.3, 0.4) is 0 Å². The van der Waals surface area contributed by atoms with Crippen LogP contribution in [0.15, 0.2) is 24.3 Å². The van der Waals surface area contributed by atoms with Crippen molar-refractivity contribution in [2.45, 2.75) is 19.8 Å². The molecule has 1 N–H and O–H groups in total. The van der Waals surface area contributed by atoms with E-state index in [1.807, 2.05) is 24.9 Å². The molecular formula is C16H24ClFN2O. The molecular weight excluding hydrogens is 291 g/mol. The molecule has 1 aromatic rings. The van der Waals surface area contributed by atoms with Crippen molar-refractivity contribution in [3.63, 3.8) is 0 Å². The minimum atomic E-state index is -0.239. The number of halogens is 2. The van der Waals surface area contributed by atoms with Crippen LogP contribution < -0.4 is 5.32 Å². The lowest BCUT2D eigenvalue weighted by Gasteiger charge is -2.21. The Morgan fingerprint density at radius 2 is 2.29 bits per heavy atom. The van der Waals surface area contributed by atoms with Crippen LogP contribution in [-0.2, 0) is 11.2 Å². The molecule has 0 radical (unpaired) electrons. The molecule has 5 heteroatoms. The van der Waals surface area contributed by atoms with Crippen molar-refractivity contribution in [1.82, 2.24) is 10.2 Å². The van der Waals surface area contributed by atoms with Gasteiger partial charge in [-0.25, -0.2) is 4.39 Å². The molecule has 1 aliphatic rings. The summed E-state index contributed by atoms with van der Waals surface area (Å²) in [5, 5.41) is 3.16. The van der Waals surface area contributed by atoms with E-state index in [4.69, 9.17) is 0 Å². The Balaban J connectivity index is 0.00000220. The van der Waals surface area contributed by atoms with Gasteiger partial charge in [0.05, 0.1) is 0 Å². The van der Waals surface area contributed by atoms with E-state index in [1.165, 1.54) is 12.1 Å². The van der Waals surface area contributed by atoms with E-state index < -0.39 is 0 Å². The predicted octanol–water partition coefficient (Wildman–Crippen LogP) is 2.49. The van der Waals surface area contributed by atoms with E-state index in [-0.39, 0.29) is 30.0 Å². The molecule has 2 rings (SSSR count). The summed E-state index contributed by atoms with van der Waals surface area (Å²) in [5.74, 6) is 0.417. The SMILES string of the molecule is CNCC1CCN(C(=O)C(C)Cc2cccc(F)c2)C1.Cl. The van der Waals surface area contributed by atoms with Crippen molar-refractivity contribution in [1.29, 1.82) is 0 Å². The van der Waals surface area contributed by atoms with Crippen molar-refractivity contribution in [2.75, 3.05) is 26.7 Å². The van der Waals surface area contributed by atoms with Gasteiger partial charge in [0, 0.05) is 19.0 Å². The number of hydrogen-bond acceptors (Lipinski definition) is 2. The molecule has 21 heavy (non-hydrogen) atoms. The zero-order chi connectivity index (χ0) is 14.5. The maximum Gasteiger partial charge on any atom is 0.225 e. The van der Waals surface area contributed by atoms with Gasteiger partial charge in [0.2, 0.25) is 5.91 Å². The summed E-state index contributed by atoms with van der Waals surface area (Å²) in [7, 11) is 1.94. The summed E-state index contributed by atoms with van der Waals surface area (Å²) in [5.41, 5.74) is 0.886. The highest BCUT2D eigenvalue weighted by Gasteiger charge is 2.28. The van der Waals surface area contributed by atoms with Crippen LogP contribution in [-0.4, -0.2) is 37.5 Å². The molecule has 2 unspecified atom stereocenters. The fraction of sp³-hybridized carbons (Fsp3) is 0.562. The average molecular weight is 315 g/mol. The van der Waals surface area contributed by atoms with E-state index in [2.05, 4.69) is 5.32 Å². The largest absolute Gasteiger partial charge is 0.342 e. The average Bonchev–Trinajstić information content (AvgIpc) is 2.87. The standard InChI is InChI=1S/C16H23FN2O.ClH/c1-12(8-13-4-3-5-15(17)9-13)16(20)19-7-6-14(11-19)10-18-2;/h3-5,9,12,14,18H,6-8,10-11H2,1-2H3;1H. The lowest BCUT2D eigenvalue weighted by atomic mass is 10.00. The van der Waals surface area contributed by atoms with Crippen LogP contribution in [0.25, 0.3) is 0 Å². The van der Waals surface area contributed by atoms with Crippen LogP contribution in [0.4, 0.5) is 4.39 Å². The van der Waals surface area contributed by atoms with Crippen molar-refractivity contribution in [3.05, 3.63) is 35.6 Å². The topological polar surface area (TPSA) is 32.3 Å². The Bertz CT molecular complexity index is 469. The summed E-state index contributed by atoms with van der Waals surface area (Å²) >= 11 is 0. The van der Waals surface area contributed by atoms with E-state index in [9.17, 15) is 9.18 Å². The van der Waals surface area contributed by atoms with Crippen LogP contribution in [0.1, 0.15) is 18.9 Å². The first-order valence-corrected chi connectivity index (χ1v) is 7.28. The van der Waals surface area contributed by atoms with E-state index in [0.29, 0.717) is 12.3 Å². The Morgan fingerprint density at radius 1 is 1.52 bits per heavy atom. The molecule has 0 aromatic heterocycles. The van der Waals surface area contributed by atoms with Gasteiger partial charge in [-0.2, -0.15) is 0 Å². The second kappa shape index (κ2) is 8.35. The summed E-state index contributed by atoms with van der Waals surface area (Å²) in [4.78, 5) is 14.3. The highest BCUT2D eigenvalue weighted by Crippen LogP contribution is 2.19. The number of amides is 1. The third-order valence-corrected chi connectivity index (χ3v) is 3.94. The molecule has 0 saturated carbocycles. The minimum absolute atomic E-state index is 0. The minimum Gasteiger partial charge on any atom is -0.342 e. The molecule has 2 atom stereocenters. The summed E-state index contributed by atoms with van der Waals surface area (Å²) < 4.78 is 13.2. The third-order valence-electron chi connectivity index (χ3n) is 3.94. The van der Waals surface area contributed by atoms with E-state index >= 15 is 0 Å². The van der Waals surface area contributed by atoms with Crippen molar-refractivity contribution < 1.29 is 9.18 Å². The number of hydrogen-bond donors (Lipinski definition) is 1. The zero-order valence-corrected chi connectivity index (χ0v) is 13.5. The first kappa shape index (κ1) is 17.9. The van der Waals surface area contributed by atoms with E-state index in [1.54, 1.807) is 6.07 Å². The van der Waals surface area contributed by atoms with Gasteiger partial charge in [0.15, 0.2) is 0 Å². The molecule has 3 nitrogen and oxygen atoms in total. The number of likely N-dealkylation sites (tertiary alicyclic amines) is 1. The molecule has 1 amide bonds. The molecule has 1 aromatic carbocycles. The highest BCUT2D eigenvalue weighted by atomic mass is 35.5. The van der Waals surface area contributed by atoms with E-state index in [0.717, 1.165) is 31.6 Å². The Hall–Kier alpha value is -1.13. The number of carbonyl (C=O) groups excluding carboxylic acids is 1. The monoisotopic (exact) mass is 314 g/mol. The van der Waals surface area contributed by atoms with Crippen LogP contribution in [0.2, 0.25) is 0 Å². The molecule has 0 spiro atoms. The van der Waals surface area contributed by atoms with Gasteiger partial charge in [-0.1, -0.05) is 19.1 Å². The smallest absolute Gasteiger partial charge is 0.225 e. The Labute approximate surface area is 132 Å². The zero-order valence-electron chi connectivity index (χ0n) is 12.6. The Morgan fingerprint density at radius 3 is 2.95 bits per heavy atom. The fourth-order valence-electron chi connectivity index (χ4n) is 2.90. The third kappa shape index (κ3) is 4.97. The number of nitrogens with one attached hydrogen (secondary N) is 1. The molecule has 0 aliphatic carbocycles. The Kier molecular flexibility index (Phi) is 7.12. The number of rotatable bonds is 5. The quantitative estimate of drug-likeness (QED) is 0.905. The lowest BCUT2D eigenvalue weighted by Crippen LogP contribution is -2.35. The first-order valence-electron chi connectivity index (χ1n) is 7.28. The molecule has 0 bridgehead atoms. The predicted molar refractivity (Wildman–Crippen MR) is 85.1 cm³/mol. The van der Waals surface area contributed by atoms with Gasteiger partial charge in [0.25, 0.3) is 0 Å². The van der Waals surface area contributed by atoms with Crippen LogP contribution in [0, 0.1) is 17.7 Å². The summed E-state index contributed by atoms with van der Waals surface area (Å²) in [6.45, 7) is 4.58. The van der Waals surface area contributed by atoms with Crippen molar-refractivity contribution in [3.8, 4) is 0 Å². The molecule has 1 fully saturated rings. The number of carbonyl (C=O) groups is 1. The van der Waals surface area contributed by atoms with Crippen molar-refractivity contribution >= 4 is 18.3 Å². The van der Waals surface area contributed by atoms with Gasteiger partial charge in [0.1, 0.15) is 5.82 Å². The number of benzene rings is 1. The maximum atomic E-state index is 13.2. The van der Waals surface area contributed by atoms with Gasteiger partial charge in [-0.15, -0.1) is 12.4 Å². The molecule has 118 valence electrons. The maximum absolute atomic E-state index is 13.2. The van der Waals surface area contributed by atoms with Crippen LogP contribution in [0.5, 0.6) is 0 Å². The molecule has 1 heterocycles. The normalized spacial score (nSPS) is 19.2. The van der Waals surface area contributed by atoms with Crippen molar-refractivity contribution in [2.24, 2.45) is 11.8 Å². The lowest BCUT2D eigenvalue weighted by molar-refractivity contribution is -0.134. The fourth-order valence-corrected chi connectivity index (χ4v) is 2.90. The molecule has 1 aliphatic heterocycles. The number of nitrogens with zero attached hydrogens (tertiary/aromatic N) is 1. The van der Waals surface area contributed by atoms with Gasteiger partial charge in [-0.3, -0.25) is 4.79 Å². The second-order valence-electron chi connectivity index (χ2n) is 5.73. The summed E-state index contributed by atoms with van der Waals surface area (Å²) in [6, 6.07) is 6.51. The highest BCUT2D eigenvalue weighted by molar-refractivity contribution is 5.85.